The molecule has 0 unspecified atom stereocenters. The predicted molar refractivity (Wildman–Crippen MR) is 117 cm³/mol. The van der Waals surface area contributed by atoms with Crippen molar-refractivity contribution in [2.75, 3.05) is 23.9 Å². The largest absolute Gasteiger partial charge is 0.497 e. The second-order valence-electron chi connectivity index (χ2n) is 7.21. The SMILES string of the molecule is COc1ccc(C(=O)N2CCc3ccc(CNC(=O)Nc4ccc(F)cc4)cc32)cc1. The van der Waals surface area contributed by atoms with Gasteiger partial charge >= 0.3 is 6.03 Å². The van der Waals surface area contributed by atoms with Crippen molar-refractivity contribution in [1.29, 1.82) is 0 Å². The molecule has 0 aromatic heterocycles. The van der Waals surface area contributed by atoms with Crippen molar-refractivity contribution in [2.45, 2.75) is 13.0 Å². The molecule has 31 heavy (non-hydrogen) atoms. The molecule has 0 saturated carbocycles. The minimum atomic E-state index is -0.390. The van der Waals surface area contributed by atoms with E-state index in [2.05, 4.69) is 10.6 Å². The zero-order valence-corrected chi connectivity index (χ0v) is 17.0. The number of rotatable bonds is 5. The van der Waals surface area contributed by atoms with Crippen LogP contribution in [0, 0.1) is 5.82 Å². The average Bonchev–Trinajstić information content (AvgIpc) is 3.22. The number of methoxy groups -OCH3 is 1. The fraction of sp³-hybridized carbons (Fsp3) is 0.167. The van der Waals surface area contributed by atoms with Crippen molar-refractivity contribution in [3.63, 3.8) is 0 Å². The Morgan fingerprint density at radius 2 is 1.77 bits per heavy atom. The first-order valence-electron chi connectivity index (χ1n) is 9.91. The lowest BCUT2D eigenvalue weighted by molar-refractivity contribution is 0.0989. The van der Waals surface area contributed by atoms with Gasteiger partial charge in [-0.05, 0) is 72.1 Å². The number of carbonyl (C=O) groups excluding carboxylic acids is 2. The third-order valence-electron chi connectivity index (χ3n) is 5.18. The molecule has 6 nitrogen and oxygen atoms in total. The molecule has 2 N–H and O–H groups in total. The summed E-state index contributed by atoms with van der Waals surface area (Å²) in [5.74, 6) is 0.268. The molecule has 0 radical (unpaired) electrons. The van der Waals surface area contributed by atoms with Gasteiger partial charge in [-0.2, -0.15) is 0 Å². The van der Waals surface area contributed by atoms with Gasteiger partial charge in [0.1, 0.15) is 11.6 Å². The third-order valence-corrected chi connectivity index (χ3v) is 5.18. The van der Waals surface area contributed by atoms with Crippen molar-refractivity contribution >= 4 is 23.3 Å². The molecule has 1 heterocycles. The zero-order chi connectivity index (χ0) is 21.8. The lowest BCUT2D eigenvalue weighted by Gasteiger charge is -2.18. The van der Waals surface area contributed by atoms with E-state index >= 15 is 0 Å². The number of hydrogen-bond donors (Lipinski definition) is 2. The summed E-state index contributed by atoms with van der Waals surface area (Å²) in [4.78, 5) is 26.9. The molecule has 3 amide bonds. The van der Waals surface area contributed by atoms with Crippen LogP contribution in [0.5, 0.6) is 5.75 Å². The van der Waals surface area contributed by atoms with Crippen molar-refractivity contribution in [2.24, 2.45) is 0 Å². The van der Waals surface area contributed by atoms with Crippen LogP contribution in [-0.4, -0.2) is 25.6 Å². The van der Waals surface area contributed by atoms with E-state index in [1.807, 2.05) is 18.2 Å². The van der Waals surface area contributed by atoms with Crippen LogP contribution in [-0.2, 0) is 13.0 Å². The van der Waals surface area contributed by atoms with Gasteiger partial charge < -0.3 is 20.3 Å². The fourth-order valence-electron chi connectivity index (χ4n) is 3.53. The Morgan fingerprint density at radius 3 is 2.48 bits per heavy atom. The van der Waals surface area contributed by atoms with Gasteiger partial charge in [0, 0.05) is 30.0 Å². The van der Waals surface area contributed by atoms with E-state index in [0.717, 1.165) is 23.2 Å². The number of anilines is 2. The molecule has 0 fully saturated rings. The molecule has 0 saturated heterocycles. The van der Waals surface area contributed by atoms with Crippen LogP contribution >= 0.6 is 0 Å². The standard InChI is InChI=1S/C24H22FN3O3/c1-31-21-10-4-18(5-11-21)23(29)28-13-12-17-3-2-16(14-22(17)28)15-26-24(30)27-20-8-6-19(25)7-9-20/h2-11,14H,12-13,15H2,1H3,(H2,26,27,30). The molecule has 3 aromatic rings. The second kappa shape index (κ2) is 8.87. The number of amides is 3. The first kappa shape index (κ1) is 20.4. The molecule has 1 aliphatic heterocycles. The fourth-order valence-corrected chi connectivity index (χ4v) is 3.53. The Balaban J connectivity index is 1.42. The predicted octanol–water partition coefficient (Wildman–Crippen LogP) is 4.36. The average molecular weight is 419 g/mol. The highest BCUT2D eigenvalue weighted by molar-refractivity contribution is 6.07. The van der Waals surface area contributed by atoms with E-state index in [4.69, 9.17) is 4.74 Å². The highest BCUT2D eigenvalue weighted by atomic mass is 19.1. The highest BCUT2D eigenvalue weighted by Gasteiger charge is 2.25. The smallest absolute Gasteiger partial charge is 0.319 e. The van der Waals surface area contributed by atoms with Crippen molar-refractivity contribution in [1.82, 2.24) is 5.32 Å². The molecule has 0 bridgehead atoms. The molecule has 0 spiro atoms. The number of carbonyl (C=O) groups is 2. The van der Waals surface area contributed by atoms with E-state index in [1.165, 1.54) is 24.3 Å². The van der Waals surface area contributed by atoms with Gasteiger partial charge in [-0.3, -0.25) is 4.79 Å². The van der Waals surface area contributed by atoms with Crippen LogP contribution in [0.2, 0.25) is 0 Å². The monoisotopic (exact) mass is 419 g/mol. The van der Waals surface area contributed by atoms with Gasteiger partial charge in [-0.15, -0.1) is 0 Å². The minimum Gasteiger partial charge on any atom is -0.497 e. The quantitative estimate of drug-likeness (QED) is 0.646. The van der Waals surface area contributed by atoms with Crippen LogP contribution in [0.3, 0.4) is 0 Å². The minimum absolute atomic E-state index is 0.0689. The summed E-state index contributed by atoms with van der Waals surface area (Å²) in [6, 6.07) is 18.1. The maximum atomic E-state index is 13.0. The van der Waals surface area contributed by atoms with Gasteiger partial charge in [-0.1, -0.05) is 12.1 Å². The van der Waals surface area contributed by atoms with E-state index in [1.54, 1.807) is 36.3 Å². The Labute approximate surface area is 179 Å². The van der Waals surface area contributed by atoms with Crippen molar-refractivity contribution in [3.8, 4) is 5.75 Å². The molecular formula is C24H22FN3O3. The molecule has 4 rings (SSSR count). The Bertz CT molecular complexity index is 1100. The van der Waals surface area contributed by atoms with E-state index in [-0.39, 0.29) is 11.7 Å². The topological polar surface area (TPSA) is 70.7 Å². The first-order valence-corrected chi connectivity index (χ1v) is 9.91. The summed E-state index contributed by atoms with van der Waals surface area (Å²) < 4.78 is 18.1. The van der Waals surface area contributed by atoms with Crippen molar-refractivity contribution in [3.05, 3.63) is 89.2 Å². The first-order chi connectivity index (χ1) is 15.0. The number of nitrogens with zero attached hydrogens (tertiary/aromatic N) is 1. The molecule has 3 aromatic carbocycles. The Kier molecular flexibility index (Phi) is 5.84. The van der Waals surface area contributed by atoms with E-state index < -0.39 is 6.03 Å². The molecule has 7 heteroatoms. The summed E-state index contributed by atoms with van der Waals surface area (Å²) in [7, 11) is 1.59. The van der Waals surface area contributed by atoms with E-state index in [0.29, 0.717) is 30.1 Å². The number of halogens is 1. The van der Waals surface area contributed by atoms with Crippen molar-refractivity contribution < 1.29 is 18.7 Å². The molecule has 158 valence electrons. The maximum absolute atomic E-state index is 13.0. The summed E-state index contributed by atoms with van der Waals surface area (Å²) in [5.41, 5.74) is 3.93. The van der Waals surface area contributed by atoms with Crippen LogP contribution in [0.1, 0.15) is 21.5 Å². The number of nitrogens with one attached hydrogen (secondary N) is 2. The number of fused-ring (bicyclic) bond motifs is 1. The Hall–Kier alpha value is -3.87. The number of urea groups is 1. The second-order valence-corrected chi connectivity index (χ2v) is 7.21. The molecule has 0 atom stereocenters. The van der Waals surface area contributed by atoms with Gasteiger partial charge in [0.05, 0.1) is 7.11 Å². The van der Waals surface area contributed by atoms with Gasteiger partial charge in [0.25, 0.3) is 5.91 Å². The van der Waals surface area contributed by atoms with Gasteiger partial charge in [0.15, 0.2) is 0 Å². The molecule has 0 aliphatic carbocycles. The summed E-state index contributed by atoms with van der Waals surface area (Å²) in [5, 5.41) is 5.44. The summed E-state index contributed by atoms with van der Waals surface area (Å²) in [6.07, 6.45) is 0.788. The van der Waals surface area contributed by atoms with Crippen LogP contribution in [0.4, 0.5) is 20.6 Å². The maximum Gasteiger partial charge on any atom is 0.319 e. The molecule has 1 aliphatic rings. The van der Waals surface area contributed by atoms with Crippen LogP contribution in [0.15, 0.2) is 66.7 Å². The Morgan fingerprint density at radius 1 is 1.03 bits per heavy atom. The van der Waals surface area contributed by atoms with Gasteiger partial charge in [0.2, 0.25) is 0 Å². The van der Waals surface area contributed by atoms with E-state index in [9.17, 15) is 14.0 Å². The lowest BCUT2D eigenvalue weighted by Crippen LogP contribution is -2.29. The number of ether oxygens (including phenoxy) is 1. The summed E-state index contributed by atoms with van der Waals surface area (Å²) >= 11 is 0. The van der Waals surface area contributed by atoms with Gasteiger partial charge in [-0.25, -0.2) is 9.18 Å². The van der Waals surface area contributed by atoms with Crippen LogP contribution < -0.4 is 20.3 Å². The lowest BCUT2D eigenvalue weighted by atomic mass is 10.1. The summed E-state index contributed by atoms with van der Waals surface area (Å²) in [6.45, 7) is 0.910. The highest BCUT2D eigenvalue weighted by Crippen LogP contribution is 2.30. The number of hydrogen-bond acceptors (Lipinski definition) is 3. The molecular weight excluding hydrogens is 397 g/mol. The number of benzene rings is 3. The van der Waals surface area contributed by atoms with Crippen LogP contribution in [0.25, 0.3) is 0 Å². The third kappa shape index (κ3) is 4.66. The zero-order valence-electron chi connectivity index (χ0n) is 17.0. The normalized spacial score (nSPS) is 12.3.